The number of nitrogens with zero attached hydrogens (tertiary/aromatic N) is 4. The Balaban J connectivity index is 1.96. The minimum absolute atomic E-state index is 0.227. The third kappa shape index (κ3) is 2.02. The van der Waals surface area contributed by atoms with Crippen molar-refractivity contribution in [2.75, 3.05) is 0 Å². The molecule has 0 aliphatic carbocycles. The van der Waals surface area contributed by atoms with Gasteiger partial charge in [0.05, 0.1) is 12.4 Å². The zero-order valence-electron chi connectivity index (χ0n) is 9.42. The molecule has 0 amide bonds. The number of fused-ring (bicyclic) bond motifs is 1. The molecule has 6 nitrogen and oxygen atoms in total. The van der Waals surface area contributed by atoms with Gasteiger partial charge in [0.25, 0.3) is 0 Å². The fourth-order valence-electron chi connectivity index (χ4n) is 1.86. The Kier molecular flexibility index (Phi) is 2.85. The predicted molar refractivity (Wildman–Crippen MR) is 69.9 cm³/mol. The molecule has 0 saturated heterocycles. The lowest BCUT2D eigenvalue weighted by Crippen LogP contribution is -2.17. The monoisotopic (exact) mass is 306 g/mol. The molecule has 3 heterocycles. The summed E-state index contributed by atoms with van der Waals surface area (Å²) < 4.78 is 2.86. The first kappa shape index (κ1) is 11.4. The fraction of sp³-hybridized carbons (Fsp3) is 0.182. The van der Waals surface area contributed by atoms with Gasteiger partial charge in [-0.3, -0.25) is 4.40 Å². The number of halogens is 1. The summed E-state index contributed by atoms with van der Waals surface area (Å²) in [6.45, 7) is 0. The van der Waals surface area contributed by atoms with Crippen LogP contribution in [0.25, 0.3) is 5.65 Å². The van der Waals surface area contributed by atoms with Gasteiger partial charge >= 0.3 is 0 Å². The molecule has 7 heteroatoms. The van der Waals surface area contributed by atoms with Crippen LogP contribution in [0.15, 0.2) is 35.3 Å². The van der Waals surface area contributed by atoms with Gasteiger partial charge in [-0.2, -0.15) is 0 Å². The molecule has 0 fully saturated rings. The molecule has 1 atom stereocenters. The Morgan fingerprint density at radius 1 is 1.39 bits per heavy atom. The highest BCUT2D eigenvalue weighted by Gasteiger charge is 2.15. The lowest BCUT2D eigenvalue weighted by molar-refractivity contribution is 0.649. The highest BCUT2D eigenvalue weighted by Crippen LogP contribution is 2.17. The lowest BCUT2D eigenvalue weighted by atomic mass is 10.1. The van der Waals surface area contributed by atoms with Gasteiger partial charge in [-0.05, 0) is 28.1 Å². The van der Waals surface area contributed by atoms with Crippen molar-refractivity contribution >= 4 is 21.6 Å². The van der Waals surface area contributed by atoms with Gasteiger partial charge < -0.3 is 10.7 Å². The van der Waals surface area contributed by atoms with E-state index >= 15 is 0 Å². The number of H-pyrrole nitrogens is 1. The highest BCUT2D eigenvalue weighted by molar-refractivity contribution is 9.10. The number of hydrogen-bond donors (Lipinski definition) is 2. The van der Waals surface area contributed by atoms with Crippen molar-refractivity contribution in [3.05, 3.63) is 46.8 Å². The van der Waals surface area contributed by atoms with E-state index in [0.717, 1.165) is 21.6 Å². The zero-order chi connectivity index (χ0) is 12.5. The molecule has 3 aromatic rings. The van der Waals surface area contributed by atoms with Gasteiger partial charge in [0, 0.05) is 29.0 Å². The van der Waals surface area contributed by atoms with E-state index in [1.54, 1.807) is 12.5 Å². The van der Waals surface area contributed by atoms with Crippen molar-refractivity contribution in [3.8, 4) is 0 Å². The van der Waals surface area contributed by atoms with Crippen LogP contribution in [0.2, 0.25) is 0 Å². The standard InChI is InChI=1S/C11H11BrN6/c12-7-1-2-10-16-17-11(18(10)5-7)9(13)3-8-4-14-6-15-8/h1-2,4-6,9H,3,13H2,(H,14,15). The van der Waals surface area contributed by atoms with Gasteiger partial charge in [-0.1, -0.05) is 0 Å². The molecule has 0 spiro atoms. The third-order valence-corrected chi connectivity index (χ3v) is 3.19. The van der Waals surface area contributed by atoms with Crippen molar-refractivity contribution in [1.29, 1.82) is 0 Å². The summed E-state index contributed by atoms with van der Waals surface area (Å²) in [6.07, 6.45) is 5.96. The third-order valence-electron chi connectivity index (χ3n) is 2.72. The van der Waals surface area contributed by atoms with Crippen LogP contribution in [0.4, 0.5) is 0 Å². The van der Waals surface area contributed by atoms with Crippen LogP contribution >= 0.6 is 15.9 Å². The number of pyridine rings is 1. The van der Waals surface area contributed by atoms with Crippen LogP contribution < -0.4 is 5.73 Å². The summed E-state index contributed by atoms with van der Waals surface area (Å²) in [5.41, 5.74) is 7.93. The molecule has 0 aliphatic rings. The SMILES string of the molecule is NC(Cc1cnc[nH]1)c1nnc2ccc(Br)cn12. The van der Waals surface area contributed by atoms with Gasteiger partial charge in [0.2, 0.25) is 0 Å². The number of nitrogens with two attached hydrogens (primary N) is 1. The van der Waals surface area contributed by atoms with Crippen molar-refractivity contribution in [3.63, 3.8) is 0 Å². The predicted octanol–water partition coefficient (Wildman–Crippen LogP) is 1.46. The Hall–Kier alpha value is -1.73. The maximum Gasteiger partial charge on any atom is 0.160 e. The molecule has 0 saturated carbocycles. The molecular formula is C11H11BrN6. The van der Waals surface area contributed by atoms with Crippen LogP contribution in [0.5, 0.6) is 0 Å². The normalized spacial score (nSPS) is 13.0. The molecule has 0 radical (unpaired) electrons. The van der Waals surface area contributed by atoms with E-state index in [0.29, 0.717) is 6.42 Å². The first-order valence-electron chi connectivity index (χ1n) is 5.47. The van der Waals surface area contributed by atoms with Crippen LogP contribution in [0, 0.1) is 0 Å². The summed E-state index contributed by atoms with van der Waals surface area (Å²) in [5, 5.41) is 8.25. The molecule has 1 unspecified atom stereocenters. The van der Waals surface area contributed by atoms with E-state index in [2.05, 4.69) is 36.1 Å². The van der Waals surface area contributed by atoms with E-state index in [1.165, 1.54) is 0 Å². The van der Waals surface area contributed by atoms with E-state index in [-0.39, 0.29) is 6.04 Å². The summed E-state index contributed by atoms with van der Waals surface area (Å²) in [7, 11) is 0. The van der Waals surface area contributed by atoms with Gasteiger partial charge in [-0.25, -0.2) is 4.98 Å². The van der Waals surface area contributed by atoms with E-state index in [9.17, 15) is 0 Å². The van der Waals surface area contributed by atoms with E-state index in [1.807, 2.05) is 22.7 Å². The maximum absolute atomic E-state index is 6.16. The Bertz CT molecular complexity index is 659. The van der Waals surface area contributed by atoms with Crippen molar-refractivity contribution in [2.24, 2.45) is 5.73 Å². The number of imidazole rings is 1. The Morgan fingerprint density at radius 3 is 3.06 bits per heavy atom. The second-order valence-electron chi connectivity index (χ2n) is 4.02. The number of rotatable bonds is 3. The summed E-state index contributed by atoms with van der Waals surface area (Å²) >= 11 is 3.43. The van der Waals surface area contributed by atoms with Gasteiger partial charge in [0.1, 0.15) is 0 Å². The quantitative estimate of drug-likeness (QED) is 0.767. The molecule has 92 valence electrons. The summed E-state index contributed by atoms with van der Waals surface area (Å²) in [6, 6.07) is 3.59. The second kappa shape index (κ2) is 4.51. The number of aromatic nitrogens is 5. The highest BCUT2D eigenvalue weighted by atomic mass is 79.9. The topological polar surface area (TPSA) is 84.9 Å². The first-order chi connectivity index (χ1) is 8.74. The number of aromatic amines is 1. The molecule has 18 heavy (non-hydrogen) atoms. The molecular weight excluding hydrogens is 296 g/mol. The van der Waals surface area contributed by atoms with E-state index < -0.39 is 0 Å². The average Bonchev–Trinajstić information content (AvgIpc) is 2.97. The van der Waals surface area contributed by atoms with Crippen LogP contribution in [-0.4, -0.2) is 24.6 Å². The molecule has 0 aliphatic heterocycles. The number of nitrogens with one attached hydrogen (secondary N) is 1. The fourth-order valence-corrected chi connectivity index (χ4v) is 2.20. The molecule has 0 aromatic carbocycles. The van der Waals surface area contributed by atoms with Crippen molar-refractivity contribution in [1.82, 2.24) is 24.6 Å². The Labute approximate surface area is 111 Å². The van der Waals surface area contributed by atoms with Crippen LogP contribution in [-0.2, 0) is 6.42 Å². The minimum Gasteiger partial charge on any atom is -0.348 e. The minimum atomic E-state index is -0.227. The number of hydrogen-bond acceptors (Lipinski definition) is 4. The van der Waals surface area contributed by atoms with Gasteiger partial charge in [0.15, 0.2) is 11.5 Å². The smallest absolute Gasteiger partial charge is 0.160 e. The molecule has 3 rings (SSSR count). The molecule has 3 aromatic heterocycles. The van der Waals surface area contributed by atoms with Gasteiger partial charge in [-0.15, -0.1) is 10.2 Å². The molecule has 3 N–H and O–H groups in total. The Morgan fingerprint density at radius 2 is 2.28 bits per heavy atom. The second-order valence-corrected chi connectivity index (χ2v) is 4.94. The average molecular weight is 307 g/mol. The van der Waals surface area contributed by atoms with Crippen molar-refractivity contribution < 1.29 is 0 Å². The first-order valence-corrected chi connectivity index (χ1v) is 6.26. The lowest BCUT2D eigenvalue weighted by Gasteiger charge is -2.08. The summed E-state index contributed by atoms with van der Waals surface area (Å²) in [4.78, 5) is 7.00. The zero-order valence-corrected chi connectivity index (χ0v) is 11.0. The van der Waals surface area contributed by atoms with Crippen LogP contribution in [0.3, 0.4) is 0 Å². The maximum atomic E-state index is 6.16. The van der Waals surface area contributed by atoms with Crippen molar-refractivity contribution in [2.45, 2.75) is 12.5 Å². The summed E-state index contributed by atoms with van der Waals surface area (Å²) in [5.74, 6) is 0.737. The van der Waals surface area contributed by atoms with Crippen LogP contribution in [0.1, 0.15) is 17.6 Å². The van der Waals surface area contributed by atoms with E-state index in [4.69, 9.17) is 5.73 Å². The molecule has 0 bridgehead atoms. The largest absolute Gasteiger partial charge is 0.348 e.